The van der Waals surface area contributed by atoms with Crippen molar-refractivity contribution in [1.29, 1.82) is 5.26 Å². The van der Waals surface area contributed by atoms with Crippen molar-refractivity contribution >= 4 is 5.91 Å². The Labute approximate surface area is 179 Å². The molecule has 1 saturated carbocycles. The Kier molecular flexibility index (Phi) is 6.47. The molecule has 0 spiro atoms. The molecule has 2 fully saturated rings. The lowest BCUT2D eigenvalue weighted by atomic mass is 9.96. The Morgan fingerprint density at radius 1 is 0.933 bits per heavy atom. The Balaban J connectivity index is 1.38. The zero-order valence-corrected chi connectivity index (χ0v) is 17.5. The van der Waals surface area contributed by atoms with Gasteiger partial charge in [0.15, 0.2) is 0 Å². The molecule has 0 aromatic heterocycles. The molecule has 4 rings (SSSR count). The minimum Gasteiger partial charge on any atom is -0.337 e. The number of carbonyl (C=O) groups is 1. The summed E-state index contributed by atoms with van der Waals surface area (Å²) in [6, 6.07) is 23.9. The molecule has 2 aromatic rings. The van der Waals surface area contributed by atoms with Crippen molar-refractivity contribution in [3.63, 3.8) is 0 Å². The maximum atomic E-state index is 12.6. The van der Waals surface area contributed by atoms with Crippen molar-refractivity contribution in [3.05, 3.63) is 71.8 Å². The molecule has 156 valence electrons. The van der Waals surface area contributed by atoms with E-state index in [0.29, 0.717) is 6.54 Å². The molecule has 0 unspecified atom stereocenters. The van der Waals surface area contributed by atoms with E-state index in [9.17, 15) is 10.1 Å². The second-order valence-corrected chi connectivity index (χ2v) is 8.49. The topological polar surface area (TPSA) is 59.4 Å². The lowest BCUT2D eigenvalue weighted by Crippen LogP contribution is -2.53. The van der Waals surface area contributed by atoms with E-state index in [1.807, 2.05) is 0 Å². The number of amides is 1. The Bertz CT molecular complexity index is 824. The molecule has 1 aliphatic carbocycles. The van der Waals surface area contributed by atoms with Crippen LogP contribution in [-0.2, 0) is 4.79 Å². The highest BCUT2D eigenvalue weighted by Gasteiger charge is 2.36. The summed E-state index contributed by atoms with van der Waals surface area (Å²) in [6.45, 7) is 3.89. The Hall–Kier alpha value is -2.68. The summed E-state index contributed by atoms with van der Waals surface area (Å²) in [5, 5.41) is 12.5. The van der Waals surface area contributed by atoms with Gasteiger partial charge in [0.25, 0.3) is 0 Å². The summed E-state index contributed by atoms with van der Waals surface area (Å²) in [4.78, 5) is 17.3. The van der Waals surface area contributed by atoms with Crippen LogP contribution in [-0.4, -0.2) is 54.0 Å². The number of rotatable bonds is 6. The summed E-state index contributed by atoms with van der Waals surface area (Å²) < 4.78 is 0. The first-order valence-corrected chi connectivity index (χ1v) is 11.0. The molecule has 1 aliphatic heterocycles. The first kappa shape index (κ1) is 20.6. The first-order valence-electron chi connectivity index (χ1n) is 11.0. The van der Waals surface area contributed by atoms with E-state index in [-0.39, 0.29) is 11.9 Å². The fourth-order valence-electron chi connectivity index (χ4n) is 4.82. The van der Waals surface area contributed by atoms with E-state index in [4.69, 9.17) is 0 Å². The molecular weight excluding hydrogens is 372 g/mol. The molecule has 5 heteroatoms. The first-order chi connectivity index (χ1) is 14.7. The summed E-state index contributed by atoms with van der Waals surface area (Å²) >= 11 is 0. The predicted octanol–water partition coefficient (Wildman–Crippen LogP) is 3.35. The van der Waals surface area contributed by atoms with Crippen molar-refractivity contribution in [2.24, 2.45) is 0 Å². The summed E-state index contributed by atoms with van der Waals surface area (Å²) in [7, 11) is 0. The van der Waals surface area contributed by atoms with Crippen molar-refractivity contribution in [3.8, 4) is 6.07 Å². The third kappa shape index (κ3) is 4.72. The van der Waals surface area contributed by atoms with Crippen LogP contribution in [0, 0.1) is 11.3 Å². The summed E-state index contributed by atoms with van der Waals surface area (Å²) in [6.07, 6.45) is 3.59. The van der Waals surface area contributed by atoms with Gasteiger partial charge in [-0.25, -0.2) is 0 Å². The normalized spacial score (nSPS) is 19.5. The number of nitrogens with zero attached hydrogens (tertiary/aromatic N) is 3. The lowest BCUT2D eigenvalue weighted by molar-refractivity contribution is -0.124. The van der Waals surface area contributed by atoms with Crippen LogP contribution in [0.2, 0.25) is 0 Å². The van der Waals surface area contributed by atoms with Crippen molar-refractivity contribution in [2.45, 2.75) is 37.3 Å². The number of nitrogens with one attached hydrogen (secondary N) is 1. The highest BCUT2D eigenvalue weighted by Crippen LogP contribution is 2.30. The van der Waals surface area contributed by atoms with Crippen LogP contribution in [0.25, 0.3) is 0 Å². The van der Waals surface area contributed by atoms with Crippen molar-refractivity contribution in [1.82, 2.24) is 15.1 Å². The van der Waals surface area contributed by atoms with E-state index in [2.05, 4.69) is 81.8 Å². The maximum Gasteiger partial charge on any atom is 0.235 e. The van der Waals surface area contributed by atoms with Crippen LogP contribution < -0.4 is 5.32 Å². The minimum atomic E-state index is -0.634. The van der Waals surface area contributed by atoms with Gasteiger partial charge in [-0.05, 0) is 36.8 Å². The van der Waals surface area contributed by atoms with Crippen LogP contribution in [0.3, 0.4) is 0 Å². The second-order valence-electron chi connectivity index (χ2n) is 8.49. The number of piperazine rings is 1. The zero-order valence-electron chi connectivity index (χ0n) is 17.5. The smallest absolute Gasteiger partial charge is 0.235 e. The van der Waals surface area contributed by atoms with Gasteiger partial charge in [0.2, 0.25) is 5.91 Å². The van der Waals surface area contributed by atoms with E-state index >= 15 is 0 Å². The van der Waals surface area contributed by atoms with Crippen LogP contribution in [0.15, 0.2) is 60.7 Å². The van der Waals surface area contributed by atoms with Crippen LogP contribution in [0.5, 0.6) is 0 Å². The number of nitriles is 1. The fraction of sp³-hybridized carbons (Fsp3) is 0.440. The molecule has 0 radical (unpaired) electrons. The van der Waals surface area contributed by atoms with Gasteiger partial charge < -0.3 is 5.32 Å². The van der Waals surface area contributed by atoms with Gasteiger partial charge >= 0.3 is 0 Å². The van der Waals surface area contributed by atoms with Crippen LogP contribution in [0.4, 0.5) is 0 Å². The van der Waals surface area contributed by atoms with Gasteiger partial charge in [0.1, 0.15) is 5.54 Å². The molecule has 1 N–H and O–H groups in total. The van der Waals surface area contributed by atoms with Gasteiger partial charge in [0.05, 0.1) is 18.7 Å². The molecule has 2 aromatic carbocycles. The SMILES string of the molecule is N#CC1(NC(=O)CN2CCN(C(c3ccccc3)c3ccccc3)CC2)CCCC1. The predicted molar refractivity (Wildman–Crippen MR) is 118 cm³/mol. The van der Waals surface area contributed by atoms with Gasteiger partial charge in [-0.1, -0.05) is 60.7 Å². The summed E-state index contributed by atoms with van der Waals surface area (Å²) in [5.41, 5.74) is 1.96. The molecule has 0 atom stereocenters. The molecule has 30 heavy (non-hydrogen) atoms. The van der Waals surface area contributed by atoms with Gasteiger partial charge in [-0.3, -0.25) is 14.6 Å². The van der Waals surface area contributed by atoms with E-state index in [1.165, 1.54) is 11.1 Å². The van der Waals surface area contributed by atoms with Crippen molar-refractivity contribution in [2.75, 3.05) is 32.7 Å². The minimum absolute atomic E-state index is 0.0189. The molecule has 1 heterocycles. The molecular formula is C25H30N4O. The summed E-state index contributed by atoms with van der Waals surface area (Å²) in [5.74, 6) is -0.0189. The molecule has 5 nitrogen and oxygen atoms in total. The standard InChI is InChI=1S/C25H30N4O/c26-20-25(13-7-8-14-25)27-23(30)19-28-15-17-29(18-16-28)24(21-9-3-1-4-10-21)22-11-5-2-6-12-22/h1-6,9-12,24H,7-8,13-19H2,(H,27,30). The molecule has 1 saturated heterocycles. The molecule has 2 aliphatic rings. The Morgan fingerprint density at radius 2 is 1.47 bits per heavy atom. The van der Waals surface area contributed by atoms with E-state index < -0.39 is 5.54 Å². The lowest BCUT2D eigenvalue weighted by Gasteiger charge is -2.39. The monoisotopic (exact) mass is 402 g/mol. The molecule has 1 amide bonds. The van der Waals surface area contributed by atoms with E-state index in [0.717, 1.165) is 51.9 Å². The highest BCUT2D eigenvalue weighted by molar-refractivity contribution is 5.79. The Morgan fingerprint density at radius 3 is 1.97 bits per heavy atom. The van der Waals surface area contributed by atoms with Gasteiger partial charge in [-0.15, -0.1) is 0 Å². The average molecular weight is 403 g/mol. The largest absolute Gasteiger partial charge is 0.337 e. The average Bonchev–Trinajstić information content (AvgIpc) is 3.25. The number of benzene rings is 2. The number of carbonyl (C=O) groups excluding carboxylic acids is 1. The number of hydrogen-bond donors (Lipinski definition) is 1. The maximum absolute atomic E-state index is 12.6. The van der Waals surface area contributed by atoms with E-state index in [1.54, 1.807) is 0 Å². The third-order valence-electron chi connectivity index (χ3n) is 6.42. The van der Waals surface area contributed by atoms with Crippen molar-refractivity contribution < 1.29 is 4.79 Å². The van der Waals surface area contributed by atoms with Gasteiger partial charge in [0, 0.05) is 26.2 Å². The third-order valence-corrected chi connectivity index (χ3v) is 6.42. The van der Waals surface area contributed by atoms with Gasteiger partial charge in [-0.2, -0.15) is 5.26 Å². The molecule has 0 bridgehead atoms. The fourth-order valence-corrected chi connectivity index (χ4v) is 4.82. The van der Waals surface area contributed by atoms with Crippen LogP contribution in [0.1, 0.15) is 42.9 Å². The quantitative estimate of drug-likeness (QED) is 0.805. The van der Waals surface area contributed by atoms with Crippen LogP contribution >= 0.6 is 0 Å². The number of hydrogen-bond acceptors (Lipinski definition) is 4. The zero-order chi connectivity index (χ0) is 20.8. The second kappa shape index (κ2) is 9.42. The highest BCUT2D eigenvalue weighted by atomic mass is 16.2.